The normalized spacial score (nSPS) is 10.9. The minimum absolute atomic E-state index is 0.0681. The minimum Gasteiger partial charge on any atom is -0.397 e. The van der Waals surface area contributed by atoms with Crippen LogP contribution >= 0.6 is 0 Å². The molecular weight excluding hydrogens is 220 g/mol. The predicted octanol–water partition coefficient (Wildman–Crippen LogP) is 0.250. The Bertz CT molecular complexity index is 562. The Morgan fingerprint density at radius 2 is 2.29 bits per heavy atom. The van der Waals surface area contributed by atoms with Crippen LogP contribution in [0, 0.1) is 0 Å². The minimum atomic E-state index is -0.427. The van der Waals surface area contributed by atoms with Crippen molar-refractivity contribution in [3.05, 3.63) is 24.0 Å². The Hall–Kier alpha value is -2.08. The molecule has 2 aromatic rings. The van der Waals surface area contributed by atoms with E-state index in [1.54, 1.807) is 17.7 Å². The summed E-state index contributed by atoms with van der Waals surface area (Å²) in [6.07, 6.45) is 0. The molecule has 0 aliphatic rings. The van der Waals surface area contributed by atoms with Gasteiger partial charge in [0.1, 0.15) is 24.5 Å². The van der Waals surface area contributed by atoms with Gasteiger partial charge in [-0.2, -0.15) is 0 Å². The Kier molecular flexibility index (Phi) is 2.97. The van der Waals surface area contributed by atoms with E-state index in [2.05, 4.69) is 4.98 Å². The maximum atomic E-state index is 11.1. The number of carbonyl (C=O) groups excluding carboxylic acids is 1. The van der Waals surface area contributed by atoms with E-state index in [0.717, 1.165) is 5.52 Å². The van der Waals surface area contributed by atoms with Gasteiger partial charge in [-0.05, 0) is 12.1 Å². The highest BCUT2D eigenvalue weighted by atomic mass is 16.5. The van der Waals surface area contributed by atoms with Crippen LogP contribution in [0.4, 0.5) is 5.69 Å². The highest BCUT2D eigenvalue weighted by molar-refractivity contribution is 5.88. The quantitative estimate of drug-likeness (QED) is 0.741. The second-order valence-corrected chi connectivity index (χ2v) is 3.73. The van der Waals surface area contributed by atoms with E-state index >= 15 is 0 Å². The first kappa shape index (κ1) is 11.4. The first-order valence-electron chi connectivity index (χ1n) is 5.14. The number of aromatic nitrogens is 2. The van der Waals surface area contributed by atoms with Crippen LogP contribution < -0.4 is 11.5 Å². The average Bonchev–Trinajstić information content (AvgIpc) is 2.59. The van der Waals surface area contributed by atoms with Gasteiger partial charge >= 0.3 is 0 Å². The average molecular weight is 234 g/mol. The zero-order chi connectivity index (χ0) is 12.4. The smallest absolute Gasteiger partial charge is 0.237 e. The SMILES string of the molecule is COCc1nc2c(N)cccc2n1CC(N)=O. The van der Waals surface area contributed by atoms with Crippen LogP contribution in [-0.2, 0) is 22.7 Å². The summed E-state index contributed by atoms with van der Waals surface area (Å²) in [5.74, 6) is 0.211. The summed E-state index contributed by atoms with van der Waals surface area (Å²) in [7, 11) is 1.57. The van der Waals surface area contributed by atoms with Gasteiger partial charge in [0.2, 0.25) is 5.91 Å². The van der Waals surface area contributed by atoms with Crippen molar-refractivity contribution in [2.75, 3.05) is 12.8 Å². The standard InChI is InChI=1S/C11H14N4O2/c1-17-6-10-14-11-7(12)3-2-4-8(11)15(10)5-9(13)16/h2-4H,5-6,12H2,1H3,(H2,13,16). The molecule has 1 heterocycles. The molecule has 1 aromatic heterocycles. The fourth-order valence-corrected chi connectivity index (χ4v) is 1.79. The van der Waals surface area contributed by atoms with Gasteiger partial charge in [0.25, 0.3) is 0 Å². The van der Waals surface area contributed by atoms with Crippen molar-refractivity contribution in [3.63, 3.8) is 0 Å². The van der Waals surface area contributed by atoms with Crippen LogP contribution in [0.5, 0.6) is 0 Å². The lowest BCUT2D eigenvalue weighted by Crippen LogP contribution is -2.20. The van der Waals surface area contributed by atoms with Crippen LogP contribution in [0.3, 0.4) is 0 Å². The van der Waals surface area contributed by atoms with Crippen LogP contribution in [0.2, 0.25) is 0 Å². The number of nitrogen functional groups attached to an aromatic ring is 1. The number of ether oxygens (including phenoxy) is 1. The second kappa shape index (κ2) is 4.42. The van der Waals surface area contributed by atoms with E-state index in [1.807, 2.05) is 12.1 Å². The van der Waals surface area contributed by atoms with Crippen LogP contribution in [-0.4, -0.2) is 22.6 Å². The highest BCUT2D eigenvalue weighted by Gasteiger charge is 2.13. The monoisotopic (exact) mass is 234 g/mol. The third-order valence-corrected chi connectivity index (χ3v) is 2.48. The maximum absolute atomic E-state index is 11.1. The number of hydrogen-bond acceptors (Lipinski definition) is 4. The number of benzene rings is 1. The van der Waals surface area contributed by atoms with Gasteiger partial charge in [-0.15, -0.1) is 0 Å². The molecule has 4 N–H and O–H groups in total. The number of imidazole rings is 1. The lowest BCUT2D eigenvalue weighted by atomic mass is 10.3. The number of nitrogens with zero attached hydrogens (tertiary/aromatic N) is 2. The van der Waals surface area contributed by atoms with Crippen LogP contribution in [0.25, 0.3) is 11.0 Å². The second-order valence-electron chi connectivity index (χ2n) is 3.73. The number of amides is 1. The van der Waals surface area contributed by atoms with Crippen molar-refractivity contribution >= 4 is 22.6 Å². The zero-order valence-corrected chi connectivity index (χ0v) is 9.51. The summed E-state index contributed by atoms with van der Waals surface area (Å²) in [5.41, 5.74) is 13.1. The van der Waals surface area contributed by atoms with Gasteiger partial charge in [0, 0.05) is 7.11 Å². The maximum Gasteiger partial charge on any atom is 0.237 e. The Morgan fingerprint density at radius 3 is 2.94 bits per heavy atom. The molecule has 0 aliphatic carbocycles. The molecule has 0 unspecified atom stereocenters. The lowest BCUT2D eigenvalue weighted by molar-refractivity contribution is -0.118. The zero-order valence-electron chi connectivity index (χ0n) is 9.51. The number of fused-ring (bicyclic) bond motifs is 1. The molecule has 2 rings (SSSR count). The summed E-state index contributed by atoms with van der Waals surface area (Å²) in [6.45, 7) is 0.375. The van der Waals surface area contributed by atoms with Crippen molar-refractivity contribution in [2.24, 2.45) is 5.73 Å². The van der Waals surface area contributed by atoms with Crippen molar-refractivity contribution in [1.29, 1.82) is 0 Å². The molecular formula is C11H14N4O2. The van der Waals surface area contributed by atoms with Crippen molar-refractivity contribution in [1.82, 2.24) is 9.55 Å². The summed E-state index contributed by atoms with van der Waals surface area (Å²) >= 11 is 0. The molecule has 6 nitrogen and oxygen atoms in total. The van der Waals surface area contributed by atoms with E-state index in [4.69, 9.17) is 16.2 Å². The first-order chi connectivity index (χ1) is 8.13. The summed E-state index contributed by atoms with van der Waals surface area (Å²) in [4.78, 5) is 15.4. The predicted molar refractivity (Wildman–Crippen MR) is 64.1 cm³/mol. The van der Waals surface area contributed by atoms with Crippen LogP contribution in [0.1, 0.15) is 5.82 Å². The van der Waals surface area contributed by atoms with Crippen molar-refractivity contribution < 1.29 is 9.53 Å². The number of rotatable bonds is 4. The van der Waals surface area contributed by atoms with Gasteiger partial charge in [-0.25, -0.2) is 4.98 Å². The lowest BCUT2D eigenvalue weighted by Gasteiger charge is -2.05. The third kappa shape index (κ3) is 2.07. The van der Waals surface area contributed by atoms with E-state index in [0.29, 0.717) is 23.6 Å². The molecule has 17 heavy (non-hydrogen) atoms. The molecule has 0 saturated heterocycles. The molecule has 0 aliphatic heterocycles. The van der Waals surface area contributed by atoms with Crippen LogP contribution in [0.15, 0.2) is 18.2 Å². The number of hydrogen-bond donors (Lipinski definition) is 2. The summed E-state index contributed by atoms with van der Waals surface area (Å²) < 4.78 is 6.76. The van der Waals surface area contributed by atoms with E-state index < -0.39 is 5.91 Å². The Balaban J connectivity index is 2.62. The number of methoxy groups -OCH3 is 1. The van der Waals surface area contributed by atoms with Crippen molar-refractivity contribution in [2.45, 2.75) is 13.2 Å². The topological polar surface area (TPSA) is 96.2 Å². The Labute approximate surface area is 98.2 Å². The Morgan fingerprint density at radius 1 is 1.53 bits per heavy atom. The highest BCUT2D eigenvalue weighted by Crippen LogP contribution is 2.22. The van der Waals surface area contributed by atoms with E-state index in [-0.39, 0.29) is 6.54 Å². The molecule has 0 fully saturated rings. The molecule has 0 bridgehead atoms. The summed E-state index contributed by atoms with van der Waals surface area (Å²) in [5, 5.41) is 0. The summed E-state index contributed by atoms with van der Waals surface area (Å²) in [6, 6.07) is 5.43. The first-order valence-corrected chi connectivity index (χ1v) is 5.14. The molecule has 0 atom stereocenters. The molecule has 0 saturated carbocycles. The van der Waals surface area contributed by atoms with E-state index in [9.17, 15) is 4.79 Å². The molecule has 90 valence electrons. The number of carbonyl (C=O) groups is 1. The third-order valence-electron chi connectivity index (χ3n) is 2.48. The largest absolute Gasteiger partial charge is 0.397 e. The molecule has 1 amide bonds. The molecule has 6 heteroatoms. The molecule has 0 spiro atoms. The van der Waals surface area contributed by atoms with Gasteiger partial charge in [-0.1, -0.05) is 6.07 Å². The number of anilines is 1. The fraction of sp³-hybridized carbons (Fsp3) is 0.273. The van der Waals surface area contributed by atoms with Gasteiger partial charge < -0.3 is 20.8 Å². The fourth-order valence-electron chi connectivity index (χ4n) is 1.79. The molecule has 0 radical (unpaired) electrons. The number of primary amides is 1. The van der Waals surface area contributed by atoms with E-state index in [1.165, 1.54) is 0 Å². The van der Waals surface area contributed by atoms with Gasteiger partial charge in [-0.3, -0.25) is 4.79 Å². The number of nitrogens with two attached hydrogens (primary N) is 2. The van der Waals surface area contributed by atoms with Gasteiger partial charge in [0.05, 0.1) is 11.2 Å². The van der Waals surface area contributed by atoms with Gasteiger partial charge in [0.15, 0.2) is 0 Å². The van der Waals surface area contributed by atoms with Crippen molar-refractivity contribution in [3.8, 4) is 0 Å². The molecule has 1 aromatic carbocycles. The number of para-hydroxylation sites is 1.